The first-order valence-electron chi connectivity index (χ1n) is 11.7. The van der Waals surface area contributed by atoms with Gasteiger partial charge in [-0.1, -0.05) is 17.9 Å². The molecule has 0 saturated heterocycles. The van der Waals surface area contributed by atoms with Crippen LogP contribution in [0.2, 0.25) is 0 Å². The maximum Gasteiger partial charge on any atom is 0.573 e. The van der Waals surface area contributed by atoms with Gasteiger partial charge in [-0.2, -0.15) is 0 Å². The lowest BCUT2D eigenvalue weighted by Gasteiger charge is -2.42. The summed E-state index contributed by atoms with van der Waals surface area (Å²) >= 11 is 0. The van der Waals surface area contributed by atoms with E-state index >= 15 is 0 Å². The molecule has 2 aromatic carbocycles. The molecule has 0 radical (unpaired) electrons. The predicted molar refractivity (Wildman–Crippen MR) is 118 cm³/mol. The van der Waals surface area contributed by atoms with Crippen molar-refractivity contribution >= 4 is 0 Å². The van der Waals surface area contributed by atoms with Crippen molar-refractivity contribution in [3.05, 3.63) is 64.7 Å². The third-order valence-corrected chi connectivity index (χ3v) is 6.94. The van der Waals surface area contributed by atoms with Crippen LogP contribution < -0.4 is 4.74 Å². The molecule has 182 valence electrons. The van der Waals surface area contributed by atoms with Gasteiger partial charge in [-0.05, 0) is 93.0 Å². The summed E-state index contributed by atoms with van der Waals surface area (Å²) in [4.78, 5) is 0. The van der Waals surface area contributed by atoms with E-state index in [2.05, 4.69) is 16.6 Å². The number of halogens is 5. The lowest BCUT2D eigenvalue weighted by molar-refractivity contribution is -0.274. The molecule has 0 aliphatic heterocycles. The summed E-state index contributed by atoms with van der Waals surface area (Å²) in [6.07, 6.45) is 2.00. The van der Waals surface area contributed by atoms with Crippen molar-refractivity contribution in [2.75, 3.05) is 6.61 Å². The monoisotopic (exact) mass is 478 g/mol. The minimum absolute atomic E-state index is 0.115. The molecule has 0 amide bonds. The molecular weight excluding hydrogens is 451 g/mol. The molecule has 2 aliphatic carbocycles. The van der Waals surface area contributed by atoms with E-state index in [9.17, 15) is 22.0 Å². The van der Waals surface area contributed by atoms with E-state index in [-0.39, 0.29) is 11.1 Å². The number of benzene rings is 2. The van der Waals surface area contributed by atoms with Crippen LogP contribution in [0.4, 0.5) is 22.0 Å². The lowest BCUT2D eigenvalue weighted by Crippen LogP contribution is -2.33. The van der Waals surface area contributed by atoms with Crippen molar-refractivity contribution in [3.63, 3.8) is 0 Å². The molecule has 0 aromatic heterocycles. The minimum atomic E-state index is -4.91. The summed E-state index contributed by atoms with van der Waals surface area (Å²) in [5.74, 6) is 4.59. The fourth-order valence-corrected chi connectivity index (χ4v) is 5.35. The first-order valence-corrected chi connectivity index (χ1v) is 11.7. The van der Waals surface area contributed by atoms with E-state index < -0.39 is 23.7 Å². The molecule has 34 heavy (non-hydrogen) atoms. The molecule has 0 heterocycles. The lowest BCUT2D eigenvalue weighted by atomic mass is 9.65. The molecule has 0 spiro atoms. The Morgan fingerprint density at radius 3 is 2.15 bits per heavy atom. The predicted octanol–water partition coefficient (Wildman–Crippen LogP) is 7.35. The topological polar surface area (TPSA) is 18.5 Å². The maximum atomic E-state index is 14.8. The zero-order valence-electron chi connectivity index (χ0n) is 18.9. The standard InChI is InChI=1S/C27H27F5O2/c1-2-33-23-11-10-20-13-19(7-8-21(20)14-23)22-6-5-17(25(28)15-22)3-4-18-9-12-24(16-26(18)29)34-27(30,31)32/h5-6,9,12,15-16,19-21,23H,2,7-8,10-11,13-14H2,1H3. The second kappa shape index (κ2) is 10.4. The van der Waals surface area contributed by atoms with Gasteiger partial charge in [0.2, 0.25) is 0 Å². The van der Waals surface area contributed by atoms with E-state index in [4.69, 9.17) is 4.74 Å². The Morgan fingerprint density at radius 2 is 1.50 bits per heavy atom. The highest BCUT2D eigenvalue weighted by Crippen LogP contribution is 2.46. The molecular formula is C27H27F5O2. The quantitative estimate of drug-likeness (QED) is 0.338. The molecule has 2 saturated carbocycles. The van der Waals surface area contributed by atoms with E-state index in [1.165, 1.54) is 6.07 Å². The normalized spacial score (nSPS) is 24.6. The fourth-order valence-electron chi connectivity index (χ4n) is 5.35. The maximum absolute atomic E-state index is 14.8. The van der Waals surface area contributed by atoms with Crippen LogP contribution in [0, 0.1) is 35.3 Å². The highest BCUT2D eigenvalue weighted by Gasteiger charge is 2.36. The van der Waals surface area contributed by atoms with Crippen LogP contribution in [-0.2, 0) is 4.74 Å². The van der Waals surface area contributed by atoms with E-state index in [1.54, 1.807) is 6.07 Å². The third-order valence-electron chi connectivity index (χ3n) is 6.94. The summed E-state index contributed by atoms with van der Waals surface area (Å²) in [6, 6.07) is 7.63. The van der Waals surface area contributed by atoms with Gasteiger partial charge in [0.1, 0.15) is 17.4 Å². The summed E-state index contributed by atoms with van der Waals surface area (Å²) in [5.41, 5.74) is 0.928. The number of rotatable bonds is 4. The Balaban J connectivity index is 1.42. The van der Waals surface area contributed by atoms with E-state index in [0.717, 1.165) is 62.8 Å². The summed E-state index contributed by atoms with van der Waals surface area (Å²) < 4.78 is 75.1. The number of hydrogen-bond acceptors (Lipinski definition) is 2. The Kier molecular flexibility index (Phi) is 7.47. The average molecular weight is 479 g/mol. The molecule has 2 fully saturated rings. The number of alkyl halides is 3. The Labute approximate surface area is 196 Å². The fraction of sp³-hybridized carbons (Fsp3) is 0.481. The number of ether oxygens (including phenoxy) is 2. The van der Waals surface area contributed by atoms with Crippen LogP contribution in [0.1, 0.15) is 68.1 Å². The highest BCUT2D eigenvalue weighted by atomic mass is 19.4. The van der Waals surface area contributed by atoms with Crippen LogP contribution >= 0.6 is 0 Å². The molecule has 4 rings (SSSR count). The molecule has 2 aliphatic rings. The van der Waals surface area contributed by atoms with Gasteiger partial charge in [0.25, 0.3) is 0 Å². The Morgan fingerprint density at radius 1 is 0.853 bits per heavy atom. The van der Waals surface area contributed by atoms with Crippen molar-refractivity contribution in [2.45, 2.75) is 63.8 Å². The van der Waals surface area contributed by atoms with Crippen LogP contribution in [-0.4, -0.2) is 19.1 Å². The average Bonchev–Trinajstić information content (AvgIpc) is 2.78. The largest absolute Gasteiger partial charge is 0.573 e. The van der Waals surface area contributed by atoms with Crippen molar-refractivity contribution in [3.8, 4) is 17.6 Å². The highest BCUT2D eigenvalue weighted by molar-refractivity contribution is 5.46. The summed E-state index contributed by atoms with van der Waals surface area (Å²) in [6.45, 7) is 2.79. The second-order valence-electron chi connectivity index (χ2n) is 9.10. The molecule has 2 aromatic rings. The van der Waals surface area contributed by atoms with E-state index in [1.807, 2.05) is 13.0 Å². The van der Waals surface area contributed by atoms with Gasteiger partial charge >= 0.3 is 6.36 Å². The number of hydrogen-bond donors (Lipinski definition) is 0. The van der Waals surface area contributed by atoms with Crippen LogP contribution in [0.15, 0.2) is 36.4 Å². The van der Waals surface area contributed by atoms with Gasteiger partial charge in [-0.3, -0.25) is 0 Å². The van der Waals surface area contributed by atoms with Crippen LogP contribution in [0.3, 0.4) is 0 Å². The molecule has 4 unspecified atom stereocenters. The zero-order chi connectivity index (χ0) is 24.3. The molecule has 0 bridgehead atoms. The SMILES string of the molecule is CCOC1CCC2CC(c3ccc(C#Cc4ccc(OC(F)(F)F)cc4F)c(F)c3)CCC2C1. The van der Waals surface area contributed by atoms with Gasteiger partial charge in [-0.25, -0.2) is 8.78 Å². The Bertz CT molecular complexity index is 1070. The second-order valence-corrected chi connectivity index (χ2v) is 9.10. The van der Waals surface area contributed by atoms with Crippen molar-refractivity contribution in [1.29, 1.82) is 0 Å². The molecule has 2 nitrogen and oxygen atoms in total. The van der Waals surface area contributed by atoms with Gasteiger partial charge in [-0.15, -0.1) is 13.2 Å². The number of fused-ring (bicyclic) bond motifs is 1. The van der Waals surface area contributed by atoms with Crippen molar-refractivity contribution < 1.29 is 31.4 Å². The Hall–Kier alpha value is -2.59. The minimum Gasteiger partial charge on any atom is -0.406 e. The van der Waals surface area contributed by atoms with Gasteiger partial charge in [0.05, 0.1) is 17.2 Å². The molecule has 7 heteroatoms. The van der Waals surface area contributed by atoms with Crippen molar-refractivity contribution in [1.82, 2.24) is 0 Å². The summed E-state index contributed by atoms with van der Waals surface area (Å²) in [5, 5.41) is 0. The third kappa shape index (κ3) is 6.09. The van der Waals surface area contributed by atoms with Crippen LogP contribution in [0.5, 0.6) is 5.75 Å². The first kappa shape index (κ1) is 24.5. The molecule has 0 N–H and O–H groups in total. The van der Waals surface area contributed by atoms with Gasteiger partial charge < -0.3 is 9.47 Å². The van der Waals surface area contributed by atoms with Gasteiger partial charge in [0.15, 0.2) is 0 Å². The van der Waals surface area contributed by atoms with Gasteiger partial charge in [0, 0.05) is 12.7 Å². The van der Waals surface area contributed by atoms with E-state index in [0.29, 0.717) is 29.9 Å². The first-order chi connectivity index (χ1) is 16.2. The summed E-state index contributed by atoms with van der Waals surface area (Å²) in [7, 11) is 0. The molecule has 4 atom stereocenters. The van der Waals surface area contributed by atoms with Crippen LogP contribution in [0.25, 0.3) is 0 Å². The van der Waals surface area contributed by atoms with Crippen molar-refractivity contribution in [2.24, 2.45) is 11.8 Å². The zero-order valence-corrected chi connectivity index (χ0v) is 18.9. The smallest absolute Gasteiger partial charge is 0.406 e.